The molecule has 118 valence electrons. The Morgan fingerprint density at radius 3 is 2.32 bits per heavy atom. The summed E-state index contributed by atoms with van der Waals surface area (Å²) in [6.45, 7) is 0.344. The third-order valence-corrected chi connectivity index (χ3v) is 4.39. The van der Waals surface area contributed by atoms with E-state index in [1.165, 1.54) is 24.3 Å². The van der Waals surface area contributed by atoms with Gasteiger partial charge in [0.05, 0.1) is 5.75 Å². The molecule has 0 aliphatic rings. The summed E-state index contributed by atoms with van der Waals surface area (Å²) in [5, 5.41) is 0.604. The largest absolute Gasteiger partial charge is 0.492 e. The average Bonchev–Trinajstić information content (AvgIpc) is 2.48. The van der Waals surface area contributed by atoms with Gasteiger partial charge in [0.1, 0.15) is 18.2 Å². The molecule has 0 aromatic heterocycles. The van der Waals surface area contributed by atoms with Crippen LogP contribution in [-0.4, -0.2) is 21.6 Å². The number of nitrogens with one attached hydrogen (secondary N) is 1. The van der Waals surface area contributed by atoms with Crippen LogP contribution in [0.3, 0.4) is 0 Å². The predicted octanol–water partition coefficient (Wildman–Crippen LogP) is 2.98. The molecule has 2 aromatic carbocycles. The maximum Gasteiger partial charge on any atom is 0.215 e. The van der Waals surface area contributed by atoms with Gasteiger partial charge < -0.3 is 4.74 Å². The number of rotatable bonds is 7. The fourth-order valence-electron chi connectivity index (χ4n) is 1.75. The molecule has 0 spiro atoms. The third kappa shape index (κ3) is 5.63. The molecule has 4 nitrogen and oxygen atoms in total. The first-order valence-electron chi connectivity index (χ1n) is 6.55. The van der Waals surface area contributed by atoms with E-state index >= 15 is 0 Å². The van der Waals surface area contributed by atoms with Gasteiger partial charge in [0, 0.05) is 11.6 Å². The molecule has 0 radical (unpaired) electrons. The fourth-order valence-corrected chi connectivity index (χ4v) is 3.00. The first-order chi connectivity index (χ1) is 10.4. The number of hydrogen-bond donors (Lipinski definition) is 1. The van der Waals surface area contributed by atoms with Crippen molar-refractivity contribution in [2.45, 2.75) is 5.75 Å². The van der Waals surface area contributed by atoms with Crippen LogP contribution in [0.15, 0.2) is 48.5 Å². The summed E-state index contributed by atoms with van der Waals surface area (Å²) < 4.78 is 44.3. The van der Waals surface area contributed by atoms with Crippen molar-refractivity contribution in [1.82, 2.24) is 4.72 Å². The normalized spacial score (nSPS) is 11.4. The van der Waals surface area contributed by atoms with Crippen LogP contribution in [0.1, 0.15) is 5.56 Å². The fraction of sp³-hybridized carbons (Fsp3) is 0.200. The van der Waals surface area contributed by atoms with Crippen molar-refractivity contribution in [3.63, 3.8) is 0 Å². The monoisotopic (exact) mass is 343 g/mol. The molecule has 0 saturated carbocycles. The minimum atomic E-state index is -3.48. The van der Waals surface area contributed by atoms with Crippen LogP contribution in [0.5, 0.6) is 5.75 Å². The van der Waals surface area contributed by atoms with Crippen molar-refractivity contribution >= 4 is 21.6 Å². The Labute approximate surface area is 133 Å². The number of sulfonamides is 1. The van der Waals surface area contributed by atoms with Gasteiger partial charge in [-0.3, -0.25) is 0 Å². The molecule has 0 bridgehead atoms. The second kappa shape index (κ2) is 7.58. The molecule has 0 aliphatic carbocycles. The Morgan fingerprint density at radius 1 is 1.05 bits per heavy atom. The molecule has 0 heterocycles. The van der Waals surface area contributed by atoms with Crippen molar-refractivity contribution in [1.29, 1.82) is 0 Å². The summed E-state index contributed by atoms with van der Waals surface area (Å²) in [4.78, 5) is 0. The number of ether oxygens (including phenoxy) is 1. The molecule has 0 aliphatic heterocycles. The van der Waals surface area contributed by atoms with Crippen LogP contribution in [0.25, 0.3) is 0 Å². The van der Waals surface area contributed by atoms with Gasteiger partial charge >= 0.3 is 0 Å². The minimum absolute atomic E-state index is 0.145. The molecular formula is C15H15ClFNO3S. The summed E-state index contributed by atoms with van der Waals surface area (Å²) in [7, 11) is -3.48. The molecule has 7 heteroatoms. The molecule has 0 amide bonds. The molecule has 22 heavy (non-hydrogen) atoms. The second-order valence-corrected chi connectivity index (χ2v) is 6.83. The zero-order valence-electron chi connectivity index (χ0n) is 11.6. The first kappa shape index (κ1) is 16.7. The Balaban J connectivity index is 1.77. The quantitative estimate of drug-likeness (QED) is 0.786. The van der Waals surface area contributed by atoms with Gasteiger partial charge in [0.2, 0.25) is 10.0 Å². The van der Waals surface area contributed by atoms with E-state index in [1.807, 2.05) is 0 Å². The highest BCUT2D eigenvalue weighted by atomic mass is 35.5. The smallest absolute Gasteiger partial charge is 0.215 e. The van der Waals surface area contributed by atoms with Crippen LogP contribution in [0, 0.1) is 5.82 Å². The van der Waals surface area contributed by atoms with E-state index < -0.39 is 15.8 Å². The zero-order chi connectivity index (χ0) is 16.0. The van der Waals surface area contributed by atoms with E-state index in [9.17, 15) is 12.8 Å². The molecule has 2 rings (SSSR count). The van der Waals surface area contributed by atoms with Crippen LogP contribution in [0.4, 0.5) is 4.39 Å². The lowest BCUT2D eigenvalue weighted by atomic mass is 10.2. The molecule has 0 fully saturated rings. The summed E-state index contributed by atoms with van der Waals surface area (Å²) in [6.07, 6.45) is 0. The van der Waals surface area contributed by atoms with Crippen molar-refractivity contribution in [2.75, 3.05) is 13.2 Å². The topological polar surface area (TPSA) is 55.4 Å². The molecule has 1 N–H and O–H groups in total. The van der Waals surface area contributed by atoms with Gasteiger partial charge in [-0.25, -0.2) is 17.5 Å². The van der Waals surface area contributed by atoms with Crippen LogP contribution in [0.2, 0.25) is 5.02 Å². The van der Waals surface area contributed by atoms with Crippen LogP contribution < -0.4 is 9.46 Å². The van der Waals surface area contributed by atoms with Crippen LogP contribution >= 0.6 is 11.6 Å². The Bertz CT molecular complexity index is 703. The molecular weight excluding hydrogens is 329 g/mol. The van der Waals surface area contributed by atoms with Crippen molar-refractivity contribution in [2.24, 2.45) is 0 Å². The number of benzene rings is 2. The lowest BCUT2D eigenvalue weighted by Crippen LogP contribution is -2.29. The minimum Gasteiger partial charge on any atom is -0.492 e. The zero-order valence-corrected chi connectivity index (χ0v) is 13.2. The van der Waals surface area contributed by atoms with Crippen molar-refractivity contribution in [3.05, 3.63) is 64.9 Å². The molecule has 0 saturated heterocycles. The number of halogens is 2. The van der Waals surface area contributed by atoms with E-state index in [0.29, 0.717) is 16.3 Å². The summed E-state index contributed by atoms with van der Waals surface area (Å²) in [5.41, 5.74) is 0.521. The first-order valence-corrected chi connectivity index (χ1v) is 8.58. The highest BCUT2D eigenvalue weighted by Crippen LogP contribution is 2.15. The van der Waals surface area contributed by atoms with Crippen molar-refractivity contribution in [3.8, 4) is 5.75 Å². The SMILES string of the molecule is O=S(=O)(Cc1ccc(F)cc1)NCCOc1ccc(Cl)cc1. The maximum absolute atomic E-state index is 12.8. The Morgan fingerprint density at radius 2 is 1.68 bits per heavy atom. The lowest BCUT2D eigenvalue weighted by molar-refractivity contribution is 0.323. The van der Waals surface area contributed by atoms with Gasteiger partial charge in [-0.1, -0.05) is 23.7 Å². The summed E-state index contributed by atoms with van der Waals surface area (Å²) in [6, 6.07) is 12.1. The van der Waals surface area contributed by atoms with Gasteiger partial charge in [-0.05, 0) is 42.0 Å². The Hall–Kier alpha value is -1.63. The van der Waals surface area contributed by atoms with Gasteiger partial charge in [0.25, 0.3) is 0 Å². The van der Waals surface area contributed by atoms with E-state index in [0.717, 1.165) is 0 Å². The van der Waals surface area contributed by atoms with Gasteiger partial charge in [-0.15, -0.1) is 0 Å². The standard InChI is InChI=1S/C15H15ClFNO3S/c16-13-3-7-15(8-4-13)21-10-9-18-22(19,20)11-12-1-5-14(17)6-2-12/h1-8,18H,9-11H2. The molecule has 0 unspecified atom stereocenters. The highest BCUT2D eigenvalue weighted by Gasteiger charge is 2.11. The maximum atomic E-state index is 12.8. The van der Waals surface area contributed by atoms with E-state index in [4.69, 9.17) is 16.3 Å². The predicted molar refractivity (Wildman–Crippen MR) is 84.0 cm³/mol. The summed E-state index contributed by atoms with van der Waals surface area (Å²) >= 11 is 5.75. The van der Waals surface area contributed by atoms with Gasteiger partial charge in [-0.2, -0.15) is 0 Å². The van der Waals surface area contributed by atoms with E-state index in [-0.39, 0.29) is 18.9 Å². The Kier molecular flexibility index (Phi) is 5.76. The van der Waals surface area contributed by atoms with Gasteiger partial charge in [0.15, 0.2) is 0 Å². The van der Waals surface area contributed by atoms with Crippen molar-refractivity contribution < 1.29 is 17.5 Å². The van der Waals surface area contributed by atoms with Crippen LogP contribution in [-0.2, 0) is 15.8 Å². The number of hydrogen-bond acceptors (Lipinski definition) is 3. The average molecular weight is 344 g/mol. The molecule has 0 atom stereocenters. The lowest BCUT2D eigenvalue weighted by Gasteiger charge is -2.08. The molecule has 2 aromatic rings. The summed E-state index contributed by atoms with van der Waals surface area (Å²) in [5.74, 6) is 0.0152. The highest BCUT2D eigenvalue weighted by molar-refractivity contribution is 7.88. The third-order valence-electron chi connectivity index (χ3n) is 2.78. The second-order valence-electron chi connectivity index (χ2n) is 4.58. The van der Waals surface area contributed by atoms with E-state index in [2.05, 4.69) is 4.72 Å². The van der Waals surface area contributed by atoms with E-state index in [1.54, 1.807) is 24.3 Å².